The van der Waals surface area contributed by atoms with Gasteiger partial charge >= 0.3 is 0 Å². The Morgan fingerprint density at radius 1 is 1.06 bits per heavy atom. The van der Waals surface area contributed by atoms with Crippen molar-refractivity contribution in [2.45, 2.75) is 57.9 Å². The number of hydrogen-bond acceptors (Lipinski definition) is 6. The fraction of sp³-hybridized carbons (Fsp3) is 0.607. The number of carbonyl (C=O) groups excluding carboxylic acids is 1. The molecule has 2 saturated heterocycles. The second-order valence-electron chi connectivity index (χ2n) is 11.0. The van der Waals surface area contributed by atoms with Crippen molar-refractivity contribution < 1.29 is 14.6 Å². The molecule has 1 aromatic heterocycles. The molecule has 2 aromatic rings. The summed E-state index contributed by atoms with van der Waals surface area (Å²) >= 11 is 0. The zero-order chi connectivity index (χ0) is 24.3. The largest absolute Gasteiger partial charge is 0.476 e. The molecule has 7 heteroatoms. The van der Waals surface area contributed by atoms with Crippen LogP contribution in [0.3, 0.4) is 0 Å². The topological polar surface area (TPSA) is 78.8 Å². The van der Waals surface area contributed by atoms with Crippen LogP contribution in [-0.2, 0) is 0 Å². The van der Waals surface area contributed by atoms with E-state index in [0.717, 1.165) is 24.1 Å². The first-order valence-electron chi connectivity index (χ1n) is 13.2. The van der Waals surface area contributed by atoms with E-state index in [0.29, 0.717) is 35.9 Å². The first-order valence-corrected chi connectivity index (χ1v) is 13.2. The Hall–Kier alpha value is -2.51. The number of aromatic nitrogens is 2. The van der Waals surface area contributed by atoms with E-state index in [9.17, 15) is 9.90 Å². The van der Waals surface area contributed by atoms with E-state index in [-0.39, 0.29) is 18.6 Å². The highest BCUT2D eigenvalue weighted by molar-refractivity contribution is 5.95. The number of likely N-dealkylation sites (tertiary alicyclic amines) is 2. The molecule has 35 heavy (non-hydrogen) atoms. The maximum absolute atomic E-state index is 12.8. The minimum absolute atomic E-state index is 0.0203. The highest BCUT2D eigenvalue weighted by atomic mass is 16.5. The molecular formula is C28H38N4O3. The number of nitrogens with zero attached hydrogens (tertiary/aromatic N) is 4. The van der Waals surface area contributed by atoms with Crippen molar-refractivity contribution in [1.82, 2.24) is 19.8 Å². The predicted molar refractivity (Wildman–Crippen MR) is 135 cm³/mol. The van der Waals surface area contributed by atoms with Crippen LogP contribution >= 0.6 is 0 Å². The van der Waals surface area contributed by atoms with Crippen molar-refractivity contribution in [1.29, 1.82) is 0 Å². The minimum atomic E-state index is -0.0658. The second kappa shape index (κ2) is 10.6. The monoisotopic (exact) mass is 478 g/mol. The van der Waals surface area contributed by atoms with E-state index in [4.69, 9.17) is 4.74 Å². The lowest BCUT2D eigenvalue weighted by Gasteiger charge is -2.44. The second-order valence-corrected chi connectivity index (χ2v) is 11.0. The molecule has 3 aliphatic rings. The van der Waals surface area contributed by atoms with E-state index in [2.05, 4.69) is 21.8 Å². The molecule has 3 fully saturated rings. The molecule has 0 bridgehead atoms. The molecule has 7 nitrogen and oxygen atoms in total. The molecule has 1 N–H and O–H groups in total. The summed E-state index contributed by atoms with van der Waals surface area (Å²) in [5, 5.41) is 9.50. The summed E-state index contributed by atoms with van der Waals surface area (Å²) < 4.78 is 5.97. The Balaban J connectivity index is 1.09. The van der Waals surface area contributed by atoms with Gasteiger partial charge in [0, 0.05) is 24.2 Å². The average Bonchev–Trinajstić information content (AvgIpc) is 3.36. The lowest BCUT2D eigenvalue weighted by atomic mass is 9.70. The Morgan fingerprint density at radius 3 is 2.46 bits per heavy atom. The van der Waals surface area contributed by atoms with Crippen LogP contribution in [0.5, 0.6) is 5.88 Å². The van der Waals surface area contributed by atoms with Gasteiger partial charge in [-0.1, -0.05) is 25.5 Å². The summed E-state index contributed by atoms with van der Waals surface area (Å²) in [5.41, 5.74) is 2.86. The van der Waals surface area contributed by atoms with Crippen molar-refractivity contribution in [2.24, 2.45) is 11.3 Å². The molecule has 0 radical (unpaired) electrons. The van der Waals surface area contributed by atoms with Crippen molar-refractivity contribution in [3.8, 4) is 17.1 Å². The van der Waals surface area contributed by atoms with E-state index in [1.165, 1.54) is 51.7 Å². The average molecular weight is 479 g/mol. The lowest BCUT2D eigenvalue weighted by Crippen LogP contribution is -2.44. The fourth-order valence-electron chi connectivity index (χ4n) is 5.77. The number of hydrogen-bond donors (Lipinski definition) is 1. The van der Waals surface area contributed by atoms with Gasteiger partial charge in [-0.3, -0.25) is 4.79 Å². The third-order valence-electron chi connectivity index (χ3n) is 8.24. The van der Waals surface area contributed by atoms with Gasteiger partial charge in [-0.2, -0.15) is 0 Å². The zero-order valence-electron chi connectivity index (χ0n) is 20.9. The van der Waals surface area contributed by atoms with Gasteiger partial charge in [-0.05, 0) is 75.1 Å². The lowest BCUT2D eigenvalue weighted by molar-refractivity contribution is 0.0560. The minimum Gasteiger partial charge on any atom is -0.476 e. The van der Waals surface area contributed by atoms with Gasteiger partial charge in [0.1, 0.15) is 0 Å². The third kappa shape index (κ3) is 5.67. The first-order chi connectivity index (χ1) is 17.0. The number of rotatable bonds is 8. The summed E-state index contributed by atoms with van der Waals surface area (Å²) in [6, 6.07) is 7.39. The number of aliphatic hydroxyl groups excluding tert-OH is 1. The third-order valence-corrected chi connectivity index (χ3v) is 8.24. The van der Waals surface area contributed by atoms with E-state index in [1.54, 1.807) is 17.3 Å². The number of amides is 1. The maximum atomic E-state index is 12.8. The summed E-state index contributed by atoms with van der Waals surface area (Å²) in [5.74, 6) is 1.12. The van der Waals surface area contributed by atoms with Crippen LogP contribution in [-0.4, -0.2) is 76.2 Å². The van der Waals surface area contributed by atoms with E-state index in [1.807, 2.05) is 24.3 Å². The van der Waals surface area contributed by atoms with E-state index < -0.39 is 0 Å². The summed E-state index contributed by atoms with van der Waals surface area (Å²) in [6.07, 6.45) is 11.8. The van der Waals surface area contributed by atoms with Crippen LogP contribution in [0.1, 0.15) is 62.2 Å². The SMILES string of the molecule is CC1(CN2CCC(COc3cnc(-c4ccc(C(=O)N5CCC[C@@H]5CO)cc4)cn3)CC2)CCC1. The van der Waals surface area contributed by atoms with Gasteiger partial charge in [-0.25, -0.2) is 9.97 Å². The van der Waals surface area contributed by atoms with Crippen molar-refractivity contribution in [3.05, 3.63) is 42.2 Å². The smallest absolute Gasteiger partial charge is 0.254 e. The molecule has 5 rings (SSSR count). The Bertz CT molecular complexity index is 982. The van der Waals surface area contributed by atoms with Crippen LogP contribution in [0.25, 0.3) is 11.3 Å². The van der Waals surface area contributed by atoms with Crippen LogP contribution in [0, 0.1) is 11.3 Å². The Kier molecular flexibility index (Phi) is 7.35. The molecule has 1 atom stereocenters. The van der Waals surface area contributed by atoms with Crippen molar-refractivity contribution in [3.63, 3.8) is 0 Å². The van der Waals surface area contributed by atoms with Gasteiger partial charge in [-0.15, -0.1) is 0 Å². The summed E-state index contributed by atoms with van der Waals surface area (Å²) in [6.45, 7) is 7.45. The molecule has 0 spiro atoms. The van der Waals surface area contributed by atoms with Crippen LogP contribution in [0.2, 0.25) is 0 Å². The molecule has 3 heterocycles. The molecular weight excluding hydrogens is 440 g/mol. The molecule has 0 unspecified atom stereocenters. The fourth-order valence-corrected chi connectivity index (χ4v) is 5.77. The first kappa shape index (κ1) is 24.2. The van der Waals surface area contributed by atoms with E-state index >= 15 is 0 Å². The molecule has 1 aliphatic carbocycles. The number of carbonyl (C=O) groups is 1. The van der Waals surface area contributed by atoms with Crippen LogP contribution in [0.15, 0.2) is 36.7 Å². The Morgan fingerprint density at radius 2 is 1.83 bits per heavy atom. The quantitative estimate of drug-likeness (QED) is 0.617. The molecule has 188 valence electrons. The normalized spacial score (nSPS) is 22.7. The van der Waals surface area contributed by atoms with Gasteiger partial charge < -0.3 is 19.6 Å². The number of ether oxygens (including phenoxy) is 1. The Labute approximate surface area is 208 Å². The standard InChI is InChI=1S/C28H38N4O3/c1-28(11-3-12-28)20-31-14-9-21(10-15-31)19-35-26-17-29-25(16-30-26)22-5-7-23(8-6-22)27(34)32-13-2-4-24(32)18-33/h5-8,16-17,21,24,33H,2-4,9-15,18-20H2,1H3/t24-/m1/s1. The zero-order valence-corrected chi connectivity index (χ0v) is 20.9. The number of aliphatic hydroxyl groups is 1. The van der Waals surface area contributed by atoms with Gasteiger partial charge in [0.05, 0.1) is 37.3 Å². The molecule has 2 aliphatic heterocycles. The molecule has 1 amide bonds. The van der Waals surface area contributed by atoms with Crippen LogP contribution < -0.4 is 4.74 Å². The number of piperidine rings is 1. The van der Waals surface area contributed by atoms with Gasteiger partial charge in [0.2, 0.25) is 5.88 Å². The summed E-state index contributed by atoms with van der Waals surface area (Å²) in [4.78, 5) is 26.2. The molecule has 1 aromatic carbocycles. The molecule has 1 saturated carbocycles. The van der Waals surface area contributed by atoms with Crippen LogP contribution in [0.4, 0.5) is 0 Å². The maximum Gasteiger partial charge on any atom is 0.254 e. The number of benzene rings is 1. The predicted octanol–water partition coefficient (Wildman–Crippen LogP) is 4.02. The van der Waals surface area contributed by atoms with Gasteiger partial charge in [0.25, 0.3) is 5.91 Å². The van der Waals surface area contributed by atoms with Crippen molar-refractivity contribution in [2.75, 3.05) is 39.4 Å². The summed E-state index contributed by atoms with van der Waals surface area (Å²) in [7, 11) is 0. The van der Waals surface area contributed by atoms with Crippen molar-refractivity contribution >= 4 is 5.91 Å². The highest BCUT2D eigenvalue weighted by Crippen LogP contribution is 2.41. The van der Waals surface area contributed by atoms with Gasteiger partial charge in [0.15, 0.2) is 0 Å². The highest BCUT2D eigenvalue weighted by Gasteiger charge is 2.34.